The Bertz CT molecular complexity index is 1310. The normalized spacial score (nSPS) is 45.7. The molecule has 6 rings (SSSR count). The molecular formula is C20H7Cl12N. The molecule has 1 aromatic carbocycles. The van der Waals surface area contributed by atoms with Crippen molar-refractivity contribution in [1.82, 2.24) is 0 Å². The van der Waals surface area contributed by atoms with Gasteiger partial charge in [-0.05, 0) is 34.4 Å². The highest BCUT2D eigenvalue weighted by molar-refractivity contribution is 6.70. The fourth-order valence-electron chi connectivity index (χ4n) is 6.24. The number of alkyl halides is 8. The van der Waals surface area contributed by atoms with Crippen LogP contribution in [0.25, 0.3) is 5.57 Å². The summed E-state index contributed by atoms with van der Waals surface area (Å²) in [6, 6.07) is 5.16. The van der Waals surface area contributed by atoms with Gasteiger partial charge < -0.3 is 5.73 Å². The van der Waals surface area contributed by atoms with Gasteiger partial charge in [-0.3, -0.25) is 0 Å². The van der Waals surface area contributed by atoms with Crippen molar-refractivity contribution in [3.63, 3.8) is 0 Å². The Balaban J connectivity index is 1.83. The van der Waals surface area contributed by atoms with Crippen molar-refractivity contribution in [1.29, 1.82) is 0 Å². The molecule has 0 amide bonds. The highest BCUT2D eigenvalue weighted by Gasteiger charge is 2.88. The van der Waals surface area contributed by atoms with E-state index < -0.39 is 40.0 Å². The smallest absolute Gasteiger partial charge is 0.174 e. The minimum atomic E-state index is -1.91. The molecule has 1 nitrogen and oxygen atoms in total. The van der Waals surface area contributed by atoms with E-state index in [1.165, 1.54) is 0 Å². The lowest BCUT2D eigenvalue weighted by Crippen LogP contribution is -2.49. The summed E-state index contributed by atoms with van der Waals surface area (Å²) in [5, 5.41) is -0.0193. The molecule has 0 unspecified atom stereocenters. The molecule has 0 saturated heterocycles. The molecule has 1 aromatic rings. The van der Waals surface area contributed by atoms with Gasteiger partial charge in [0, 0.05) is 17.5 Å². The van der Waals surface area contributed by atoms with Crippen molar-refractivity contribution in [3.8, 4) is 0 Å². The third kappa shape index (κ3) is 2.11. The van der Waals surface area contributed by atoms with Crippen LogP contribution >= 0.6 is 139 Å². The van der Waals surface area contributed by atoms with E-state index in [4.69, 9.17) is 145 Å². The van der Waals surface area contributed by atoms with Gasteiger partial charge in [-0.25, -0.2) is 0 Å². The highest BCUT2D eigenvalue weighted by atomic mass is 35.5. The zero-order chi connectivity index (χ0) is 24.5. The number of halogens is 12. The average Bonchev–Trinajstić information content (AvgIpc) is 3.08. The largest absolute Gasteiger partial charge is 0.399 e. The summed E-state index contributed by atoms with van der Waals surface area (Å²) in [4.78, 5) is -6.85. The van der Waals surface area contributed by atoms with E-state index in [-0.39, 0.29) is 20.1 Å². The Hall–Kier alpha value is 1.72. The molecule has 1 fully saturated rings. The molecule has 0 aromatic heterocycles. The first kappa shape index (κ1) is 25.0. The van der Waals surface area contributed by atoms with Gasteiger partial charge >= 0.3 is 0 Å². The van der Waals surface area contributed by atoms with Crippen molar-refractivity contribution in [2.75, 3.05) is 5.73 Å². The lowest BCUT2D eigenvalue weighted by atomic mass is 9.64. The number of nitrogen functional groups attached to an aromatic ring is 1. The van der Waals surface area contributed by atoms with E-state index in [1.807, 2.05) is 0 Å². The quantitative estimate of drug-likeness (QED) is 0.214. The topological polar surface area (TPSA) is 26.0 Å². The molecule has 5 aliphatic carbocycles. The first-order chi connectivity index (χ1) is 15.0. The van der Waals surface area contributed by atoms with Crippen molar-refractivity contribution in [2.24, 2.45) is 5.92 Å². The fourth-order valence-corrected chi connectivity index (χ4v) is 12.0. The molecule has 1 saturated carbocycles. The Labute approximate surface area is 248 Å². The number of anilines is 1. The standard InChI is InChI=1S/C20H7Cl12N/c21-11-13(23)17(27)9-7(15(11,25)19(17,29)30)5-2-1-4(33)3-6(5)8-10(9)18(28)14(24)12(22)16(8,26)20(18,31)32/h1-3,8,10H,33H2/t8-,10+,15-,16-,17-,18-/m0/s1. The van der Waals surface area contributed by atoms with E-state index in [2.05, 4.69) is 0 Å². The Morgan fingerprint density at radius 1 is 0.636 bits per heavy atom. The maximum absolute atomic E-state index is 7.22. The van der Waals surface area contributed by atoms with Crippen LogP contribution in [0.15, 0.2) is 43.9 Å². The lowest BCUT2D eigenvalue weighted by molar-refractivity contribution is 0.444. The van der Waals surface area contributed by atoms with Crippen LogP contribution < -0.4 is 5.73 Å². The summed E-state index contributed by atoms with van der Waals surface area (Å²) in [6.07, 6.45) is 0. The lowest BCUT2D eigenvalue weighted by Gasteiger charge is -2.46. The summed E-state index contributed by atoms with van der Waals surface area (Å²) in [5.74, 6) is -1.60. The number of benzene rings is 1. The van der Waals surface area contributed by atoms with Gasteiger partial charge in [0.2, 0.25) is 0 Å². The molecule has 0 spiro atoms. The Morgan fingerprint density at radius 2 is 1.15 bits per heavy atom. The predicted molar refractivity (Wildman–Crippen MR) is 145 cm³/mol. The Morgan fingerprint density at radius 3 is 1.73 bits per heavy atom. The zero-order valence-electron chi connectivity index (χ0n) is 15.5. The summed E-state index contributed by atoms with van der Waals surface area (Å²) in [5.41, 5.74) is 8.65. The predicted octanol–water partition coefficient (Wildman–Crippen LogP) is 9.43. The van der Waals surface area contributed by atoms with Crippen LogP contribution in [-0.4, -0.2) is 28.2 Å². The molecule has 2 N–H and O–H groups in total. The van der Waals surface area contributed by atoms with Crippen LogP contribution in [0.3, 0.4) is 0 Å². The average molecular weight is 687 g/mol. The molecule has 176 valence electrons. The van der Waals surface area contributed by atoms with Crippen molar-refractivity contribution in [3.05, 3.63) is 55.0 Å². The summed E-state index contributed by atoms with van der Waals surface area (Å²) < 4.78 is -3.79. The summed E-state index contributed by atoms with van der Waals surface area (Å²) in [7, 11) is 0. The second-order valence-electron chi connectivity index (χ2n) is 8.74. The van der Waals surface area contributed by atoms with Gasteiger partial charge in [-0.15, -0.1) is 46.4 Å². The van der Waals surface area contributed by atoms with E-state index in [1.54, 1.807) is 18.2 Å². The minimum absolute atomic E-state index is 0.000792. The number of hydrogen-bond donors (Lipinski definition) is 1. The van der Waals surface area contributed by atoms with Crippen molar-refractivity contribution in [2.45, 2.75) is 34.1 Å². The van der Waals surface area contributed by atoms with Crippen molar-refractivity contribution >= 4 is 150 Å². The molecule has 5 aliphatic rings. The van der Waals surface area contributed by atoms with Crippen LogP contribution in [-0.2, 0) is 0 Å². The molecule has 33 heavy (non-hydrogen) atoms. The molecule has 13 heteroatoms. The number of allylic oxidation sites excluding steroid dienone is 6. The van der Waals surface area contributed by atoms with Gasteiger partial charge in [0.1, 0.15) is 19.5 Å². The highest BCUT2D eigenvalue weighted by Crippen LogP contribution is 2.86. The van der Waals surface area contributed by atoms with Gasteiger partial charge in [0.15, 0.2) is 8.67 Å². The Kier molecular flexibility index (Phi) is 5.04. The number of hydrogen-bond acceptors (Lipinski definition) is 1. The van der Waals surface area contributed by atoms with Crippen LogP contribution in [0, 0.1) is 5.92 Å². The van der Waals surface area contributed by atoms with Gasteiger partial charge in [-0.1, -0.05) is 98.9 Å². The molecule has 6 atom stereocenters. The molecule has 0 aliphatic heterocycles. The van der Waals surface area contributed by atoms with Gasteiger partial charge in [-0.2, -0.15) is 0 Å². The molecule has 0 radical (unpaired) electrons. The monoisotopic (exact) mass is 681 g/mol. The van der Waals surface area contributed by atoms with E-state index in [9.17, 15) is 0 Å². The van der Waals surface area contributed by atoms with E-state index >= 15 is 0 Å². The van der Waals surface area contributed by atoms with Crippen LogP contribution in [0.5, 0.6) is 0 Å². The SMILES string of the molecule is Nc1ccc2c(c1)[C@H]1[C@H](C3=C2[C@]2(Cl)C(Cl)=C(Cl)[C@]3(Cl)C2(Cl)Cl)[C@]2(Cl)C(Cl)=C(Cl)[C@]1(Cl)C2(Cl)Cl. The van der Waals surface area contributed by atoms with Gasteiger partial charge in [0.05, 0.1) is 20.1 Å². The minimum Gasteiger partial charge on any atom is -0.399 e. The number of rotatable bonds is 0. The first-order valence-corrected chi connectivity index (χ1v) is 13.8. The summed E-state index contributed by atoms with van der Waals surface area (Å²) in [6.45, 7) is 0. The van der Waals surface area contributed by atoms with E-state index in [0.717, 1.165) is 0 Å². The second-order valence-corrected chi connectivity index (χ2v) is 15.2. The maximum atomic E-state index is 7.22. The molecule has 0 heterocycles. The van der Waals surface area contributed by atoms with E-state index in [0.29, 0.717) is 28.0 Å². The maximum Gasteiger partial charge on any atom is 0.174 e. The van der Waals surface area contributed by atoms with Gasteiger partial charge in [0.25, 0.3) is 0 Å². The third-order valence-electron chi connectivity index (χ3n) is 7.57. The van der Waals surface area contributed by atoms with Crippen LogP contribution in [0.4, 0.5) is 5.69 Å². The van der Waals surface area contributed by atoms with Crippen molar-refractivity contribution < 1.29 is 0 Å². The fraction of sp³-hybridized carbons (Fsp3) is 0.400. The summed E-state index contributed by atoms with van der Waals surface area (Å²) >= 11 is 83.0. The number of fused-ring (bicyclic) bond motifs is 13. The number of nitrogens with two attached hydrogens (primary N) is 1. The molecular weight excluding hydrogens is 680 g/mol. The van der Waals surface area contributed by atoms with Crippen LogP contribution in [0.1, 0.15) is 17.0 Å². The molecule has 4 bridgehead atoms. The second kappa shape index (κ2) is 6.64. The first-order valence-electron chi connectivity index (χ1n) is 9.28. The third-order valence-corrected chi connectivity index (χ3v) is 15.9. The zero-order valence-corrected chi connectivity index (χ0v) is 24.6. The van der Waals surface area contributed by atoms with Crippen LogP contribution in [0.2, 0.25) is 0 Å².